The van der Waals surface area contributed by atoms with Crippen LogP contribution in [0, 0.1) is 5.82 Å². The quantitative estimate of drug-likeness (QED) is 0.754. The molecule has 0 unspecified atom stereocenters. The summed E-state index contributed by atoms with van der Waals surface area (Å²) >= 11 is 3.16. The van der Waals surface area contributed by atoms with Gasteiger partial charge in [0.05, 0.1) is 11.4 Å². The van der Waals surface area contributed by atoms with Gasteiger partial charge in [0.15, 0.2) is 0 Å². The van der Waals surface area contributed by atoms with Crippen LogP contribution in [0.15, 0.2) is 27.6 Å². The zero-order valence-corrected chi connectivity index (χ0v) is 14.9. The molecule has 1 aromatic carbocycles. The predicted octanol–water partition coefficient (Wildman–Crippen LogP) is 2.19. The molecule has 2 saturated heterocycles. The molecule has 1 aromatic rings. The number of rotatable bonds is 2. The molecule has 0 radical (unpaired) electrons. The fourth-order valence-electron chi connectivity index (χ4n) is 3.00. The second-order valence-electron chi connectivity index (χ2n) is 5.89. The normalized spacial score (nSPS) is 21.7. The van der Waals surface area contributed by atoms with Crippen LogP contribution >= 0.6 is 15.9 Å². The van der Waals surface area contributed by atoms with Gasteiger partial charge in [-0.15, -0.1) is 0 Å². The van der Waals surface area contributed by atoms with Gasteiger partial charge in [0.25, 0.3) is 0 Å². The maximum atomic E-state index is 13.4. The largest absolute Gasteiger partial charge is 0.441 e. The van der Waals surface area contributed by atoms with Gasteiger partial charge in [-0.2, -0.15) is 4.31 Å². The van der Waals surface area contributed by atoms with Crippen LogP contribution in [0.25, 0.3) is 0 Å². The lowest BCUT2D eigenvalue weighted by molar-refractivity contribution is 0.0172. The first-order valence-electron chi connectivity index (χ1n) is 7.13. The van der Waals surface area contributed by atoms with Gasteiger partial charge < -0.3 is 9.64 Å². The molecule has 0 aliphatic carbocycles. The third-order valence-corrected chi connectivity index (χ3v) is 7.18. The van der Waals surface area contributed by atoms with E-state index in [1.165, 1.54) is 21.3 Å². The highest BCUT2D eigenvalue weighted by atomic mass is 79.9. The first kappa shape index (κ1) is 16.7. The Hall–Kier alpha value is -1.19. The second-order valence-corrected chi connectivity index (χ2v) is 8.65. The fraction of sp³-hybridized carbons (Fsp3) is 0.500. The van der Waals surface area contributed by atoms with Crippen LogP contribution in [0.2, 0.25) is 0 Å². The van der Waals surface area contributed by atoms with E-state index < -0.39 is 21.4 Å². The Morgan fingerprint density at radius 3 is 2.52 bits per heavy atom. The van der Waals surface area contributed by atoms with E-state index in [1.54, 1.807) is 7.05 Å². The number of carbonyl (C=O) groups excluding carboxylic acids is 1. The summed E-state index contributed by atoms with van der Waals surface area (Å²) in [6.07, 6.45) is 0.471. The van der Waals surface area contributed by atoms with E-state index in [0.29, 0.717) is 23.9 Å². The van der Waals surface area contributed by atoms with Crippen LogP contribution in [-0.2, 0) is 14.8 Å². The lowest BCUT2D eigenvalue weighted by atomic mass is 9.92. The van der Waals surface area contributed by atoms with Crippen molar-refractivity contribution >= 4 is 32.0 Å². The highest BCUT2D eigenvalue weighted by Crippen LogP contribution is 2.35. The molecule has 3 rings (SSSR count). The van der Waals surface area contributed by atoms with Crippen LogP contribution in [-0.4, -0.2) is 56.0 Å². The Kier molecular flexibility index (Phi) is 4.14. The lowest BCUT2D eigenvalue weighted by Crippen LogP contribution is -2.48. The van der Waals surface area contributed by atoms with Crippen molar-refractivity contribution in [2.24, 2.45) is 0 Å². The van der Waals surface area contributed by atoms with E-state index in [-0.39, 0.29) is 24.1 Å². The summed E-state index contributed by atoms with van der Waals surface area (Å²) in [4.78, 5) is 13.0. The number of hydrogen-bond donors (Lipinski definition) is 0. The zero-order valence-electron chi connectivity index (χ0n) is 12.5. The van der Waals surface area contributed by atoms with Gasteiger partial charge in [0.2, 0.25) is 10.0 Å². The van der Waals surface area contributed by atoms with Crippen LogP contribution < -0.4 is 0 Å². The van der Waals surface area contributed by atoms with Crippen molar-refractivity contribution in [3.8, 4) is 0 Å². The van der Waals surface area contributed by atoms with E-state index in [0.717, 1.165) is 6.07 Å². The van der Waals surface area contributed by atoms with Crippen molar-refractivity contribution in [2.45, 2.75) is 23.3 Å². The molecule has 2 fully saturated rings. The minimum absolute atomic E-state index is 0.0889. The maximum Gasteiger partial charge on any atom is 0.410 e. The number of ether oxygens (including phenoxy) is 1. The molecule has 0 N–H and O–H groups in total. The third kappa shape index (κ3) is 2.97. The average molecular weight is 407 g/mol. The van der Waals surface area contributed by atoms with Crippen molar-refractivity contribution in [3.05, 3.63) is 28.5 Å². The van der Waals surface area contributed by atoms with Crippen molar-refractivity contribution in [1.29, 1.82) is 0 Å². The molecule has 0 saturated carbocycles. The predicted molar refractivity (Wildman–Crippen MR) is 83.9 cm³/mol. The smallest absolute Gasteiger partial charge is 0.410 e. The summed E-state index contributed by atoms with van der Waals surface area (Å²) < 4.78 is 45.9. The Bertz CT molecular complexity index is 747. The topological polar surface area (TPSA) is 66.9 Å². The maximum absolute atomic E-state index is 13.4. The standard InChI is InChI=1S/C14H16BrFN2O4S/c1-17-9-14(22-13(17)19)4-6-18(7-5-14)23(20,21)12-8-10(16)2-3-11(12)15/h2-3,8H,4-7,9H2,1H3. The minimum atomic E-state index is -3.80. The van der Waals surface area contributed by atoms with Gasteiger partial charge in [0, 0.05) is 37.5 Å². The number of amides is 1. The number of sulfonamides is 1. The van der Waals surface area contributed by atoms with Gasteiger partial charge in [-0.25, -0.2) is 17.6 Å². The molecule has 2 heterocycles. The first-order chi connectivity index (χ1) is 10.7. The van der Waals surface area contributed by atoms with E-state index in [4.69, 9.17) is 4.74 Å². The first-order valence-corrected chi connectivity index (χ1v) is 9.36. The molecule has 23 heavy (non-hydrogen) atoms. The van der Waals surface area contributed by atoms with Crippen LogP contribution in [0.4, 0.5) is 9.18 Å². The molecular formula is C14H16BrFN2O4S. The fourth-order valence-corrected chi connectivity index (χ4v) is 5.38. The highest BCUT2D eigenvalue weighted by Gasteiger charge is 2.47. The van der Waals surface area contributed by atoms with Crippen LogP contribution in [0.5, 0.6) is 0 Å². The van der Waals surface area contributed by atoms with Gasteiger partial charge in [-0.05, 0) is 34.1 Å². The molecule has 9 heteroatoms. The third-order valence-electron chi connectivity index (χ3n) is 4.29. The molecule has 0 aromatic heterocycles. The number of benzene rings is 1. The molecule has 2 aliphatic heterocycles. The summed E-state index contributed by atoms with van der Waals surface area (Å²) in [7, 11) is -2.14. The summed E-state index contributed by atoms with van der Waals surface area (Å²) in [6.45, 7) is 0.919. The van der Waals surface area contributed by atoms with Crippen molar-refractivity contribution in [3.63, 3.8) is 0 Å². The lowest BCUT2D eigenvalue weighted by Gasteiger charge is -2.36. The molecule has 1 amide bonds. The van der Waals surface area contributed by atoms with Crippen molar-refractivity contribution in [1.82, 2.24) is 9.21 Å². The number of carbonyl (C=O) groups is 1. The van der Waals surface area contributed by atoms with Gasteiger partial charge in [-0.1, -0.05) is 0 Å². The number of piperidine rings is 1. The second kappa shape index (κ2) is 5.71. The van der Waals surface area contributed by atoms with E-state index in [2.05, 4.69) is 15.9 Å². The monoisotopic (exact) mass is 406 g/mol. The van der Waals surface area contributed by atoms with E-state index in [1.807, 2.05) is 0 Å². The molecule has 1 spiro atoms. The van der Waals surface area contributed by atoms with Gasteiger partial charge in [-0.3, -0.25) is 0 Å². The molecule has 6 nitrogen and oxygen atoms in total. The van der Waals surface area contributed by atoms with Crippen molar-refractivity contribution in [2.75, 3.05) is 26.7 Å². The summed E-state index contributed by atoms with van der Waals surface area (Å²) in [5.41, 5.74) is -0.614. The zero-order chi connectivity index (χ0) is 16.8. The van der Waals surface area contributed by atoms with Crippen LogP contribution in [0.3, 0.4) is 0 Å². The summed E-state index contributed by atoms with van der Waals surface area (Å²) in [5.74, 6) is -0.605. The number of hydrogen-bond acceptors (Lipinski definition) is 4. The molecule has 126 valence electrons. The summed E-state index contributed by atoms with van der Waals surface area (Å²) in [6, 6.07) is 3.58. The van der Waals surface area contributed by atoms with Crippen molar-refractivity contribution < 1.29 is 22.3 Å². The minimum Gasteiger partial charge on any atom is -0.441 e. The highest BCUT2D eigenvalue weighted by molar-refractivity contribution is 9.10. The number of likely N-dealkylation sites (N-methyl/N-ethyl adjacent to an activating group) is 1. The Labute approximate surface area is 142 Å². The van der Waals surface area contributed by atoms with Gasteiger partial charge in [0.1, 0.15) is 11.4 Å². The molecule has 0 atom stereocenters. The van der Waals surface area contributed by atoms with E-state index in [9.17, 15) is 17.6 Å². The summed E-state index contributed by atoms with van der Waals surface area (Å²) in [5, 5.41) is 0. The van der Waals surface area contributed by atoms with E-state index >= 15 is 0 Å². The average Bonchev–Trinajstić information content (AvgIpc) is 2.76. The number of nitrogens with zero attached hydrogens (tertiary/aromatic N) is 2. The van der Waals surface area contributed by atoms with Crippen LogP contribution in [0.1, 0.15) is 12.8 Å². The Balaban J connectivity index is 1.79. The number of halogens is 2. The molecule has 0 bridgehead atoms. The Morgan fingerprint density at radius 2 is 1.96 bits per heavy atom. The SMILES string of the molecule is CN1CC2(CCN(S(=O)(=O)c3cc(F)ccc3Br)CC2)OC1=O. The molecule has 2 aliphatic rings. The Morgan fingerprint density at radius 1 is 1.30 bits per heavy atom. The molecular weight excluding hydrogens is 391 g/mol. The van der Waals surface area contributed by atoms with Gasteiger partial charge >= 0.3 is 6.09 Å².